The molecule has 0 unspecified atom stereocenters. The molecule has 0 saturated carbocycles. The maximum Gasteiger partial charge on any atom is 0.154 e. The monoisotopic (exact) mass is 337 g/mol. The predicted octanol–water partition coefficient (Wildman–Crippen LogP) is 4.38. The van der Waals surface area contributed by atoms with Crippen LogP contribution in [-0.2, 0) is 5.75 Å². The number of hydrogen-bond donors (Lipinski definition) is 1. The van der Waals surface area contributed by atoms with Gasteiger partial charge in [-0.3, -0.25) is 10.4 Å². The smallest absolute Gasteiger partial charge is 0.154 e. The number of aromatic nitrogens is 1. The molecule has 114 valence electrons. The number of thioether (sulfide) groups is 1. The number of pyridine rings is 1. The van der Waals surface area contributed by atoms with Crippen molar-refractivity contribution in [3.05, 3.63) is 78.1 Å². The first kappa shape index (κ1) is 15.6. The second-order valence-corrected chi connectivity index (χ2v) is 6.52. The van der Waals surface area contributed by atoms with E-state index in [-0.39, 0.29) is 0 Å². The minimum absolute atomic E-state index is 0.651. The average Bonchev–Trinajstić information content (AvgIpc) is 2.61. The summed E-state index contributed by atoms with van der Waals surface area (Å²) in [6, 6.07) is 18.5. The summed E-state index contributed by atoms with van der Waals surface area (Å²) in [5.41, 5.74) is 5.09. The highest BCUT2D eigenvalue weighted by Crippen LogP contribution is 2.22. The Morgan fingerprint density at radius 2 is 2.00 bits per heavy atom. The Labute approximate surface area is 144 Å². The van der Waals surface area contributed by atoms with Crippen molar-refractivity contribution in [1.29, 1.82) is 0 Å². The van der Waals surface area contributed by atoms with E-state index in [1.165, 1.54) is 16.3 Å². The molecule has 0 aliphatic rings. The van der Waals surface area contributed by atoms with E-state index >= 15 is 0 Å². The fourth-order valence-electron chi connectivity index (χ4n) is 2.21. The molecule has 0 radical (unpaired) electrons. The first-order valence-corrected chi connectivity index (χ1v) is 8.55. The van der Waals surface area contributed by atoms with Crippen LogP contribution in [0.4, 0.5) is 0 Å². The number of rotatable bonds is 4. The molecular formula is C18H15N3S2. The zero-order valence-corrected chi connectivity index (χ0v) is 14.0. The topological polar surface area (TPSA) is 37.3 Å². The van der Waals surface area contributed by atoms with Crippen LogP contribution in [-0.4, -0.2) is 15.5 Å². The zero-order valence-electron chi connectivity index (χ0n) is 12.3. The minimum atomic E-state index is 0.651. The van der Waals surface area contributed by atoms with Gasteiger partial charge < -0.3 is 0 Å². The van der Waals surface area contributed by atoms with Crippen molar-refractivity contribution in [1.82, 2.24) is 10.4 Å². The normalized spacial score (nSPS) is 11.0. The van der Waals surface area contributed by atoms with E-state index < -0.39 is 0 Å². The highest BCUT2D eigenvalue weighted by atomic mass is 32.2. The maximum absolute atomic E-state index is 5.31. The summed E-state index contributed by atoms with van der Waals surface area (Å²) in [6.45, 7) is 0. The molecular weight excluding hydrogens is 322 g/mol. The van der Waals surface area contributed by atoms with E-state index in [0.717, 1.165) is 11.3 Å². The van der Waals surface area contributed by atoms with Gasteiger partial charge in [0.25, 0.3) is 0 Å². The lowest BCUT2D eigenvalue weighted by molar-refractivity contribution is 1.07. The van der Waals surface area contributed by atoms with E-state index in [4.69, 9.17) is 12.2 Å². The first-order valence-electron chi connectivity index (χ1n) is 7.15. The molecule has 3 rings (SSSR count). The van der Waals surface area contributed by atoms with Crippen LogP contribution in [0.1, 0.15) is 11.1 Å². The van der Waals surface area contributed by atoms with Gasteiger partial charge in [0.1, 0.15) is 0 Å². The van der Waals surface area contributed by atoms with Crippen LogP contribution in [0.2, 0.25) is 0 Å². The lowest BCUT2D eigenvalue weighted by atomic mass is 10.1. The molecule has 0 amide bonds. The molecule has 2 aromatic carbocycles. The van der Waals surface area contributed by atoms with Gasteiger partial charge in [-0.2, -0.15) is 5.10 Å². The summed E-state index contributed by atoms with van der Waals surface area (Å²) >= 11 is 6.88. The first-order chi connectivity index (χ1) is 11.3. The Bertz CT molecular complexity index is 827. The quantitative estimate of drug-likeness (QED) is 0.436. The standard InChI is InChI=1S/C18H15N3S2/c22-18(21-20-12-14-5-4-10-19-11-14)23-13-16-8-3-7-15-6-1-2-9-17(15)16/h1-12H,13H2,(H,21,22)/b20-12+. The molecule has 3 aromatic rings. The van der Waals surface area contributed by atoms with Crippen molar-refractivity contribution in [3.63, 3.8) is 0 Å². The third kappa shape index (κ3) is 4.37. The summed E-state index contributed by atoms with van der Waals surface area (Å²) in [7, 11) is 0. The molecule has 0 atom stereocenters. The Hall–Kier alpha value is -2.24. The summed E-state index contributed by atoms with van der Waals surface area (Å²) in [5.74, 6) is 0.815. The lowest BCUT2D eigenvalue weighted by Gasteiger charge is -2.06. The van der Waals surface area contributed by atoms with Crippen molar-refractivity contribution >= 4 is 45.3 Å². The van der Waals surface area contributed by atoms with Gasteiger partial charge in [0, 0.05) is 23.7 Å². The van der Waals surface area contributed by atoms with Crippen LogP contribution < -0.4 is 5.43 Å². The van der Waals surface area contributed by atoms with E-state index in [1.54, 1.807) is 30.4 Å². The molecule has 0 saturated heterocycles. The van der Waals surface area contributed by atoms with E-state index in [2.05, 4.69) is 58.0 Å². The lowest BCUT2D eigenvalue weighted by Crippen LogP contribution is -2.11. The molecule has 23 heavy (non-hydrogen) atoms. The number of benzene rings is 2. The van der Waals surface area contributed by atoms with E-state index in [0.29, 0.717) is 4.32 Å². The third-order valence-electron chi connectivity index (χ3n) is 3.29. The Balaban J connectivity index is 1.57. The van der Waals surface area contributed by atoms with Crippen molar-refractivity contribution in [2.24, 2.45) is 5.10 Å². The van der Waals surface area contributed by atoms with Crippen LogP contribution >= 0.6 is 24.0 Å². The summed E-state index contributed by atoms with van der Waals surface area (Å²) in [6.07, 6.45) is 5.19. The second kappa shape index (κ2) is 7.85. The van der Waals surface area contributed by atoms with Crippen molar-refractivity contribution < 1.29 is 0 Å². The van der Waals surface area contributed by atoms with Crippen molar-refractivity contribution in [3.8, 4) is 0 Å². The van der Waals surface area contributed by atoms with Crippen LogP contribution in [0.5, 0.6) is 0 Å². The van der Waals surface area contributed by atoms with Crippen molar-refractivity contribution in [2.75, 3.05) is 0 Å². The van der Waals surface area contributed by atoms with Gasteiger partial charge in [-0.05, 0) is 22.4 Å². The highest BCUT2D eigenvalue weighted by molar-refractivity contribution is 8.22. The summed E-state index contributed by atoms with van der Waals surface area (Å²) in [4.78, 5) is 4.03. The van der Waals surface area contributed by atoms with Gasteiger partial charge in [0.05, 0.1) is 6.21 Å². The van der Waals surface area contributed by atoms with Crippen LogP contribution in [0.25, 0.3) is 10.8 Å². The Morgan fingerprint density at radius 1 is 1.13 bits per heavy atom. The van der Waals surface area contributed by atoms with Crippen LogP contribution in [0.15, 0.2) is 72.1 Å². The second-order valence-electron chi connectivity index (χ2n) is 4.87. The summed E-state index contributed by atoms with van der Waals surface area (Å²) < 4.78 is 0.651. The number of hydrazone groups is 1. The summed E-state index contributed by atoms with van der Waals surface area (Å²) in [5, 5.41) is 6.66. The largest absolute Gasteiger partial charge is 0.264 e. The fourth-order valence-corrected chi connectivity index (χ4v) is 3.09. The maximum atomic E-state index is 5.31. The van der Waals surface area contributed by atoms with Gasteiger partial charge in [0.15, 0.2) is 4.32 Å². The minimum Gasteiger partial charge on any atom is -0.264 e. The van der Waals surface area contributed by atoms with Crippen molar-refractivity contribution in [2.45, 2.75) is 5.75 Å². The molecule has 0 spiro atoms. The molecule has 0 bridgehead atoms. The molecule has 0 aliphatic heterocycles. The zero-order chi connectivity index (χ0) is 15.9. The molecule has 0 fully saturated rings. The SMILES string of the molecule is S=C(N/N=C/c1cccnc1)SCc1cccc2ccccc12. The number of hydrogen-bond acceptors (Lipinski definition) is 4. The van der Waals surface area contributed by atoms with E-state index in [9.17, 15) is 0 Å². The average molecular weight is 337 g/mol. The Kier molecular flexibility index (Phi) is 5.34. The van der Waals surface area contributed by atoms with Gasteiger partial charge >= 0.3 is 0 Å². The van der Waals surface area contributed by atoms with Gasteiger partial charge in [-0.15, -0.1) is 0 Å². The van der Waals surface area contributed by atoms with Gasteiger partial charge in [-0.25, -0.2) is 0 Å². The van der Waals surface area contributed by atoms with E-state index in [1.807, 2.05) is 12.1 Å². The number of nitrogens with zero attached hydrogens (tertiary/aromatic N) is 2. The highest BCUT2D eigenvalue weighted by Gasteiger charge is 2.02. The molecule has 1 N–H and O–H groups in total. The molecule has 1 aromatic heterocycles. The molecule has 1 heterocycles. The molecule has 3 nitrogen and oxygen atoms in total. The van der Waals surface area contributed by atoms with Crippen LogP contribution in [0.3, 0.4) is 0 Å². The third-order valence-corrected chi connectivity index (χ3v) is 4.55. The number of fused-ring (bicyclic) bond motifs is 1. The van der Waals surface area contributed by atoms with Gasteiger partial charge in [-0.1, -0.05) is 72.5 Å². The number of thiocarbonyl (C=S) groups is 1. The number of nitrogens with one attached hydrogen (secondary N) is 1. The predicted molar refractivity (Wildman–Crippen MR) is 103 cm³/mol. The molecule has 5 heteroatoms. The molecule has 0 aliphatic carbocycles. The Morgan fingerprint density at radius 3 is 2.87 bits per heavy atom. The van der Waals surface area contributed by atoms with Gasteiger partial charge in [0.2, 0.25) is 0 Å². The fraction of sp³-hybridized carbons (Fsp3) is 0.0556. The van der Waals surface area contributed by atoms with Crippen LogP contribution in [0, 0.1) is 0 Å².